The molecule has 1 fully saturated rings. The van der Waals surface area contributed by atoms with Gasteiger partial charge in [-0.2, -0.15) is 5.10 Å². The smallest absolute Gasteiger partial charge is 0.273 e. The summed E-state index contributed by atoms with van der Waals surface area (Å²) in [7, 11) is 0. The number of fused-ring (bicyclic) bond motifs is 1. The molecule has 1 aliphatic carbocycles. The molecular formula is C30H36N4O2. The van der Waals surface area contributed by atoms with Crippen molar-refractivity contribution in [2.24, 2.45) is 0 Å². The van der Waals surface area contributed by atoms with Crippen LogP contribution in [0, 0.1) is 0 Å². The Morgan fingerprint density at radius 1 is 1.08 bits per heavy atom. The second kappa shape index (κ2) is 9.92. The zero-order valence-electron chi connectivity index (χ0n) is 21.5. The highest BCUT2D eigenvalue weighted by molar-refractivity contribution is 6.00. The van der Waals surface area contributed by atoms with Crippen molar-refractivity contribution in [2.45, 2.75) is 83.5 Å². The third kappa shape index (κ3) is 4.45. The Bertz CT molecular complexity index is 1230. The topological polar surface area (TPSA) is 67.2 Å². The van der Waals surface area contributed by atoms with E-state index in [-0.39, 0.29) is 23.9 Å². The Kier molecular flexibility index (Phi) is 6.69. The number of amides is 2. The largest absolute Gasteiger partial charge is 0.351 e. The van der Waals surface area contributed by atoms with E-state index < -0.39 is 5.54 Å². The Morgan fingerprint density at radius 3 is 2.44 bits per heavy atom. The number of rotatable bonds is 6. The van der Waals surface area contributed by atoms with Gasteiger partial charge in [-0.05, 0) is 50.3 Å². The maximum absolute atomic E-state index is 14.1. The Balaban J connectivity index is 1.53. The van der Waals surface area contributed by atoms with Crippen LogP contribution >= 0.6 is 0 Å². The van der Waals surface area contributed by atoms with Crippen LogP contribution in [-0.4, -0.2) is 38.1 Å². The number of carbonyl (C=O) groups excluding carboxylic acids is 2. The monoisotopic (exact) mass is 484 g/mol. The second-order valence-electron chi connectivity index (χ2n) is 10.5. The minimum absolute atomic E-state index is 0.0967. The Morgan fingerprint density at radius 2 is 1.78 bits per heavy atom. The lowest BCUT2D eigenvalue weighted by Crippen LogP contribution is -2.65. The van der Waals surface area contributed by atoms with Crippen LogP contribution in [0.4, 0.5) is 0 Å². The molecule has 0 spiro atoms. The normalized spacial score (nSPS) is 21.2. The van der Waals surface area contributed by atoms with Crippen LogP contribution in [0.1, 0.15) is 80.5 Å². The van der Waals surface area contributed by atoms with Crippen molar-refractivity contribution in [3.05, 3.63) is 77.5 Å². The Labute approximate surface area is 213 Å². The molecule has 1 N–H and O–H groups in total. The molecule has 2 atom stereocenters. The highest BCUT2D eigenvalue weighted by Crippen LogP contribution is 2.37. The predicted octanol–water partition coefficient (Wildman–Crippen LogP) is 5.54. The third-order valence-corrected chi connectivity index (χ3v) is 7.96. The van der Waals surface area contributed by atoms with Crippen molar-refractivity contribution >= 4 is 11.8 Å². The van der Waals surface area contributed by atoms with Crippen molar-refractivity contribution in [1.29, 1.82) is 0 Å². The summed E-state index contributed by atoms with van der Waals surface area (Å²) in [6, 6.07) is 20.0. The fraction of sp³-hybridized carbons (Fsp3) is 0.433. The molecule has 2 aromatic carbocycles. The Hall–Kier alpha value is -3.41. The molecule has 36 heavy (non-hydrogen) atoms. The van der Waals surface area contributed by atoms with Gasteiger partial charge >= 0.3 is 0 Å². The lowest BCUT2D eigenvalue weighted by atomic mass is 9.89. The SMILES string of the molecule is CCc1ccc(-c2cc3n(n2)C[C@@](C)(C(=O)NC2CCCCC2)N([C@@H](C)c2ccccc2)C3=O)cc1. The van der Waals surface area contributed by atoms with Gasteiger partial charge < -0.3 is 10.2 Å². The summed E-state index contributed by atoms with van der Waals surface area (Å²) in [5.41, 5.74) is 3.45. The van der Waals surface area contributed by atoms with Crippen LogP contribution in [0.2, 0.25) is 0 Å². The summed E-state index contributed by atoms with van der Waals surface area (Å²) >= 11 is 0. The molecule has 1 saturated carbocycles. The molecule has 2 aliphatic rings. The molecule has 0 radical (unpaired) electrons. The summed E-state index contributed by atoms with van der Waals surface area (Å²) in [6.07, 6.45) is 6.45. The summed E-state index contributed by atoms with van der Waals surface area (Å²) in [5.74, 6) is -0.261. The average Bonchev–Trinajstić information content (AvgIpc) is 3.33. The molecule has 1 aromatic heterocycles. The number of benzene rings is 2. The fourth-order valence-corrected chi connectivity index (χ4v) is 5.73. The minimum atomic E-state index is -1.06. The van der Waals surface area contributed by atoms with Crippen LogP contribution in [0.5, 0.6) is 0 Å². The molecule has 0 unspecified atom stereocenters. The first-order valence-electron chi connectivity index (χ1n) is 13.3. The van der Waals surface area contributed by atoms with E-state index in [9.17, 15) is 9.59 Å². The lowest BCUT2D eigenvalue weighted by molar-refractivity contribution is -0.135. The number of nitrogens with zero attached hydrogens (tertiary/aromatic N) is 3. The number of hydrogen-bond donors (Lipinski definition) is 1. The maximum Gasteiger partial charge on any atom is 0.273 e. The van der Waals surface area contributed by atoms with Crippen molar-refractivity contribution in [2.75, 3.05) is 0 Å². The van der Waals surface area contributed by atoms with Crippen molar-refractivity contribution in [3.63, 3.8) is 0 Å². The van der Waals surface area contributed by atoms with Gasteiger partial charge in [-0.1, -0.05) is 80.8 Å². The zero-order valence-corrected chi connectivity index (χ0v) is 21.5. The number of aromatic nitrogens is 2. The molecule has 6 nitrogen and oxygen atoms in total. The second-order valence-corrected chi connectivity index (χ2v) is 10.5. The van der Waals surface area contributed by atoms with Crippen LogP contribution in [0.25, 0.3) is 11.3 Å². The van der Waals surface area contributed by atoms with E-state index in [0.717, 1.165) is 48.9 Å². The number of carbonyl (C=O) groups is 2. The van der Waals surface area contributed by atoms with Gasteiger partial charge in [0.25, 0.3) is 5.91 Å². The summed E-state index contributed by atoms with van der Waals surface area (Å²) < 4.78 is 1.74. The number of aryl methyl sites for hydroxylation is 1. The van der Waals surface area contributed by atoms with Crippen molar-refractivity contribution in [3.8, 4) is 11.3 Å². The molecule has 0 bridgehead atoms. The van der Waals surface area contributed by atoms with Gasteiger partial charge in [-0.3, -0.25) is 14.3 Å². The van der Waals surface area contributed by atoms with Crippen molar-refractivity contribution in [1.82, 2.24) is 20.0 Å². The third-order valence-electron chi connectivity index (χ3n) is 7.96. The van der Waals surface area contributed by atoms with E-state index in [0.29, 0.717) is 12.2 Å². The van der Waals surface area contributed by atoms with E-state index in [1.807, 2.05) is 50.2 Å². The molecule has 1 aliphatic heterocycles. The summed E-state index contributed by atoms with van der Waals surface area (Å²) in [5, 5.41) is 8.10. The molecule has 2 amide bonds. The van der Waals surface area contributed by atoms with E-state index in [4.69, 9.17) is 5.10 Å². The van der Waals surface area contributed by atoms with Crippen molar-refractivity contribution < 1.29 is 9.59 Å². The van der Waals surface area contributed by atoms with Gasteiger partial charge in [0.05, 0.1) is 18.3 Å². The van der Waals surface area contributed by atoms with Crippen LogP contribution in [0.15, 0.2) is 60.7 Å². The molecule has 5 rings (SSSR count). The van der Waals surface area contributed by atoms with E-state index in [2.05, 4.69) is 36.5 Å². The maximum atomic E-state index is 14.1. The first-order valence-corrected chi connectivity index (χ1v) is 13.3. The van der Waals surface area contributed by atoms with Gasteiger partial charge in [-0.25, -0.2) is 0 Å². The summed E-state index contributed by atoms with van der Waals surface area (Å²) in [4.78, 5) is 29.7. The van der Waals surface area contributed by atoms with E-state index in [1.54, 1.807) is 9.58 Å². The van der Waals surface area contributed by atoms with E-state index in [1.165, 1.54) is 12.0 Å². The molecular weight excluding hydrogens is 448 g/mol. The van der Waals surface area contributed by atoms with Crippen LogP contribution < -0.4 is 5.32 Å². The quantitative estimate of drug-likeness (QED) is 0.500. The standard InChI is InChI=1S/C30H36N4O2/c1-4-22-15-17-24(18-16-22)26-19-27-28(35)34(21(2)23-11-7-5-8-12-23)30(3,20-33(27)32-26)29(36)31-25-13-9-6-10-14-25/h5,7-8,11-12,15-19,21,25H,4,6,9-10,13-14,20H2,1-3H3,(H,31,36)/t21-,30-/m0/s1. The van der Waals surface area contributed by atoms with Gasteiger partial charge in [-0.15, -0.1) is 0 Å². The first kappa shape index (κ1) is 24.3. The van der Waals surface area contributed by atoms with Gasteiger partial charge in [0.1, 0.15) is 11.2 Å². The van der Waals surface area contributed by atoms with E-state index >= 15 is 0 Å². The highest BCUT2D eigenvalue weighted by atomic mass is 16.2. The van der Waals surface area contributed by atoms with Crippen LogP contribution in [-0.2, 0) is 17.8 Å². The molecule has 2 heterocycles. The molecule has 0 saturated heterocycles. The van der Waals surface area contributed by atoms with Gasteiger partial charge in [0.15, 0.2) is 0 Å². The predicted molar refractivity (Wildman–Crippen MR) is 141 cm³/mol. The molecule has 188 valence electrons. The van der Waals surface area contributed by atoms with Gasteiger partial charge in [0.2, 0.25) is 5.91 Å². The zero-order chi connectivity index (χ0) is 25.3. The highest BCUT2D eigenvalue weighted by Gasteiger charge is 2.50. The van der Waals surface area contributed by atoms with Crippen LogP contribution in [0.3, 0.4) is 0 Å². The number of hydrogen-bond acceptors (Lipinski definition) is 3. The molecule has 3 aromatic rings. The fourth-order valence-electron chi connectivity index (χ4n) is 5.73. The van der Waals surface area contributed by atoms with Gasteiger partial charge in [0, 0.05) is 11.6 Å². The number of nitrogens with one attached hydrogen (secondary N) is 1. The minimum Gasteiger partial charge on any atom is -0.351 e. The average molecular weight is 485 g/mol. The molecule has 6 heteroatoms. The lowest BCUT2D eigenvalue weighted by Gasteiger charge is -2.47. The summed E-state index contributed by atoms with van der Waals surface area (Å²) in [6.45, 7) is 6.35. The first-order chi connectivity index (χ1) is 17.4.